The van der Waals surface area contributed by atoms with Gasteiger partial charge in [-0.3, -0.25) is 4.90 Å². The summed E-state index contributed by atoms with van der Waals surface area (Å²) in [7, 11) is 0. The first-order valence-electron chi connectivity index (χ1n) is 7.18. The van der Waals surface area contributed by atoms with Crippen LogP contribution in [0.25, 0.3) is 0 Å². The molecule has 0 spiro atoms. The Morgan fingerprint density at radius 3 is 2.24 bits per heavy atom. The Morgan fingerprint density at radius 1 is 1.14 bits per heavy atom. The van der Waals surface area contributed by atoms with Crippen molar-refractivity contribution in [2.45, 2.75) is 0 Å². The molecule has 116 valence electrons. The molecule has 0 radical (unpaired) electrons. The summed E-state index contributed by atoms with van der Waals surface area (Å²) in [6.45, 7) is 6.73. The molecule has 1 saturated heterocycles. The minimum atomic E-state index is 0.000149. The predicted molar refractivity (Wildman–Crippen MR) is 78.4 cm³/mol. The van der Waals surface area contributed by atoms with E-state index in [1.165, 1.54) is 0 Å². The van der Waals surface area contributed by atoms with Gasteiger partial charge < -0.3 is 20.9 Å². The van der Waals surface area contributed by atoms with E-state index in [1.54, 1.807) is 4.90 Å². The lowest BCUT2D eigenvalue weighted by Gasteiger charge is -2.25. The van der Waals surface area contributed by atoms with E-state index in [0.717, 1.165) is 39.3 Å². The standard InChI is InChI=1S/C13H23N7O/c14-1-3-16-5-8-19(9-6-17-4-2-15)11-12-20-10-7-18-13(20)21/h16-17H,3-12H2,(H,18,21). The lowest BCUT2D eigenvalue weighted by Crippen LogP contribution is -2.42. The number of nitrogens with zero attached hydrogens (tertiary/aromatic N) is 4. The van der Waals surface area contributed by atoms with Crippen LogP contribution in [-0.2, 0) is 0 Å². The van der Waals surface area contributed by atoms with Crippen LogP contribution in [-0.4, -0.2) is 81.3 Å². The van der Waals surface area contributed by atoms with Crippen molar-refractivity contribution in [3.63, 3.8) is 0 Å². The van der Waals surface area contributed by atoms with E-state index < -0.39 is 0 Å². The summed E-state index contributed by atoms with van der Waals surface area (Å²) in [5.41, 5.74) is 0. The summed E-state index contributed by atoms with van der Waals surface area (Å²) in [5.74, 6) is 0. The van der Waals surface area contributed by atoms with Crippen molar-refractivity contribution in [3.05, 3.63) is 0 Å². The number of hydrogen-bond acceptors (Lipinski definition) is 6. The molecule has 21 heavy (non-hydrogen) atoms. The molecule has 1 aliphatic heterocycles. The highest BCUT2D eigenvalue weighted by molar-refractivity contribution is 5.76. The minimum absolute atomic E-state index is 0.000149. The van der Waals surface area contributed by atoms with E-state index >= 15 is 0 Å². The number of urea groups is 1. The summed E-state index contributed by atoms with van der Waals surface area (Å²) in [6.07, 6.45) is 0. The van der Waals surface area contributed by atoms with E-state index in [1.807, 2.05) is 12.1 Å². The highest BCUT2D eigenvalue weighted by Gasteiger charge is 2.19. The fourth-order valence-electron chi connectivity index (χ4n) is 2.08. The van der Waals surface area contributed by atoms with Gasteiger partial charge in [0, 0.05) is 52.4 Å². The van der Waals surface area contributed by atoms with Crippen LogP contribution in [0, 0.1) is 22.7 Å². The Morgan fingerprint density at radius 2 is 1.76 bits per heavy atom. The van der Waals surface area contributed by atoms with Gasteiger partial charge in [0.2, 0.25) is 0 Å². The first kappa shape index (κ1) is 17.2. The van der Waals surface area contributed by atoms with E-state index in [9.17, 15) is 4.79 Å². The first-order chi connectivity index (χ1) is 10.3. The zero-order chi connectivity index (χ0) is 15.3. The van der Waals surface area contributed by atoms with Gasteiger partial charge in [-0.2, -0.15) is 10.5 Å². The van der Waals surface area contributed by atoms with E-state index in [2.05, 4.69) is 20.9 Å². The maximum Gasteiger partial charge on any atom is 0.317 e. The maximum absolute atomic E-state index is 11.5. The second-order valence-electron chi connectivity index (χ2n) is 4.73. The highest BCUT2D eigenvalue weighted by atomic mass is 16.2. The Balaban J connectivity index is 2.26. The highest BCUT2D eigenvalue weighted by Crippen LogP contribution is 1.97. The van der Waals surface area contributed by atoms with Gasteiger partial charge >= 0.3 is 6.03 Å². The van der Waals surface area contributed by atoms with Crippen molar-refractivity contribution >= 4 is 6.03 Å². The molecule has 1 fully saturated rings. The van der Waals surface area contributed by atoms with Gasteiger partial charge in [0.25, 0.3) is 0 Å². The lowest BCUT2D eigenvalue weighted by atomic mass is 10.4. The van der Waals surface area contributed by atoms with Crippen molar-refractivity contribution < 1.29 is 4.79 Å². The van der Waals surface area contributed by atoms with Crippen LogP contribution in [0.5, 0.6) is 0 Å². The van der Waals surface area contributed by atoms with Gasteiger partial charge in [-0.1, -0.05) is 0 Å². The second kappa shape index (κ2) is 10.9. The van der Waals surface area contributed by atoms with E-state index in [-0.39, 0.29) is 6.03 Å². The third-order valence-electron chi connectivity index (χ3n) is 3.25. The molecule has 3 N–H and O–H groups in total. The maximum atomic E-state index is 11.5. The van der Waals surface area contributed by atoms with Crippen LogP contribution in [0.4, 0.5) is 4.79 Å². The zero-order valence-electron chi connectivity index (χ0n) is 12.3. The van der Waals surface area contributed by atoms with Crippen LogP contribution in [0.2, 0.25) is 0 Å². The molecule has 0 atom stereocenters. The topological polar surface area (TPSA) is 107 Å². The molecule has 1 aliphatic rings. The number of nitriles is 2. The number of carbonyl (C=O) groups excluding carboxylic acids is 1. The molecule has 0 aromatic rings. The van der Waals surface area contributed by atoms with Crippen LogP contribution in [0.3, 0.4) is 0 Å². The Hall–Kier alpha value is -1.87. The fourth-order valence-corrected chi connectivity index (χ4v) is 2.08. The monoisotopic (exact) mass is 293 g/mol. The SMILES string of the molecule is N#CCNCCN(CCNCC#N)CCN1CCNC1=O. The second-order valence-corrected chi connectivity index (χ2v) is 4.73. The number of hydrogen-bond donors (Lipinski definition) is 3. The van der Waals surface area contributed by atoms with Crippen molar-refractivity contribution in [2.75, 3.05) is 65.4 Å². The molecular weight excluding hydrogens is 270 g/mol. The molecule has 0 unspecified atom stereocenters. The van der Waals surface area contributed by atoms with Gasteiger partial charge in [0.05, 0.1) is 25.2 Å². The molecule has 8 nitrogen and oxygen atoms in total. The molecule has 8 heteroatoms. The van der Waals surface area contributed by atoms with E-state index in [4.69, 9.17) is 10.5 Å². The molecule has 0 saturated carbocycles. The van der Waals surface area contributed by atoms with Crippen LogP contribution >= 0.6 is 0 Å². The van der Waals surface area contributed by atoms with Crippen molar-refractivity contribution in [2.24, 2.45) is 0 Å². The summed E-state index contributed by atoms with van der Waals surface area (Å²) in [6, 6.07) is 4.09. The van der Waals surface area contributed by atoms with Crippen LogP contribution in [0.1, 0.15) is 0 Å². The first-order valence-corrected chi connectivity index (χ1v) is 7.18. The molecule has 2 amide bonds. The Bertz CT molecular complexity index is 365. The van der Waals surface area contributed by atoms with Gasteiger partial charge in [0.1, 0.15) is 0 Å². The van der Waals surface area contributed by atoms with Gasteiger partial charge in [-0.15, -0.1) is 0 Å². The smallest absolute Gasteiger partial charge is 0.317 e. The average Bonchev–Trinajstić information content (AvgIpc) is 2.90. The van der Waals surface area contributed by atoms with Crippen LogP contribution in [0.15, 0.2) is 0 Å². The van der Waals surface area contributed by atoms with Gasteiger partial charge in [-0.25, -0.2) is 4.79 Å². The van der Waals surface area contributed by atoms with Crippen LogP contribution < -0.4 is 16.0 Å². The molecule has 0 bridgehead atoms. The molecule has 0 aromatic heterocycles. The molecule has 0 aliphatic carbocycles. The predicted octanol–water partition coefficient (Wildman–Crippen LogP) is -1.46. The lowest BCUT2D eigenvalue weighted by molar-refractivity contribution is 0.201. The summed E-state index contributed by atoms with van der Waals surface area (Å²) >= 11 is 0. The third-order valence-corrected chi connectivity index (χ3v) is 3.25. The summed E-state index contributed by atoms with van der Waals surface area (Å²) in [4.78, 5) is 15.5. The van der Waals surface area contributed by atoms with Gasteiger partial charge in [-0.05, 0) is 0 Å². The zero-order valence-corrected chi connectivity index (χ0v) is 12.3. The number of nitrogens with one attached hydrogen (secondary N) is 3. The fraction of sp³-hybridized carbons (Fsp3) is 0.769. The average molecular weight is 293 g/mol. The normalized spacial score (nSPS) is 14.0. The quantitative estimate of drug-likeness (QED) is 0.317. The number of amides is 2. The summed E-state index contributed by atoms with van der Waals surface area (Å²) < 4.78 is 0. The summed E-state index contributed by atoms with van der Waals surface area (Å²) in [5, 5.41) is 25.8. The van der Waals surface area contributed by atoms with E-state index in [0.29, 0.717) is 26.2 Å². The molecule has 0 aromatic carbocycles. The van der Waals surface area contributed by atoms with Crippen molar-refractivity contribution in [1.29, 1.82) is 10.5 Å². The molecular formula is C13H23N7O. The van der Waals surface area contributed by atoms with Crippen molar-refractivity contribution in [3.8, 4) is 12.1 Å². The molecule has 1 rings (SSSR count). The third kappa shape index (κ3) is 7.47. The van der Waals surface area contributed by atoms with Crippen molar-refractivity contribution in [1.82, 2.24) is 25.8 Å². The number of carbonyl (C=O) groups is 1. The molecule has 1 heterocycles. The minimum Gasteiger partial charge on any atom is -0.336 e. The van der Waals surface area contributed by atoms with Gasteiger partial charge in [0.15, 0.2) is 0 Å². The largest absolute Gasteiger partial charge is 0.336 e. The Labute approximate surface area is 125 Å². The number of rotatable bonds is 11. The Kier molecular flexibility index (Phi) is 8.89.